The Bertz CT molecular complexity index is 960. The summed E-state index contributed by atoms with van der Waals surface area (Å²) in [5, 5.41) is 0. The summed E-state index contributed by atoms with van der Waals surface area (Å²) >= 11 is 0. The quantitative estimate of drug-likeness (QED) is 0.684. The van der Waals surface area contributed by atoms with Crippen LogP contribution in [0.4, 0.5) is 10.5 Å². The number of amides is 1. The molecule has 130 valence electrons. The molecular formula is C18H19N3O4. The standard InChI is InChI=1S/C18H19N3O4/c1-19-15-10-9-13(11-16(15)20(2)17(19)22)21(12-24-3)18(23)25-14-7-5-4-6-8-14/h4-11H,12H2,1-3H3. The van der Waals surface area contributed by atoms with Gasteiger partial charge < -0.3 is 9.47 Å². The van der Waals surface area contributed by atoms with E-state index in [0.717, 1.165) is 11.0 Å². The first-order chi connectivity index (χ1) is 12.0. The first-order valence-electron chi connectivity index (χ1n) is 7.71. The number of ether oxygens (including phenoxy) is 2. The Morgan fingerprint density at radius 3 is 2.40 bits per heavy atom. The summed E-state index contributed by atoms with van der Waals surface area (Å²) in [6.07, 6.45) is -0.562. The van der Waals surface area contributed by atoms with Crippen molar-refractivity contribution in [1.29, 1.82) is 0 Å². The number of carbonyl (C=O) groups is 1. The number of hydrogen-bond donors (Lipinski definition) is 0. The molecule has 0 saturated heterocycles. The fraction of sp³-hybridized carbons (Fsp3) is 0.222. The minimum atomic E-state index is -0.562. The average molecular weight is 341 g/mol. The van der Waals surface area contributed by atoms with Gasteiger partial charge in [0.1, 0.15) is 12.5 Å². The molecule has 0 aliphatic heterocycles. The minimum absolute atomic E-state index is 0.0257. The molecule has 1 aromatic heterocycles. The van der Waals surface area contributed by atoms with E-state index >= 15 is 0 Å². The Labute approximate surface area is 144 Å². The molecule has 7 nitrogen and oxygen atoms in total. The van der Waals surface area contributed by atoms with Gasteiger partial charge in [0.05, 0.1) is 16.7 Å². The number of anilines is 1. The van der Waals surface area contributed by atoms with Crippen molar-refractivity contribution in [2.45, 2.75) is 0 Å². The van der Waals surface area contributed by atoms with Crippen molar-refractivity contribution in [3.05, 3.63) is 59.0 Å². The van der Waals surface area contributed by atoms with Crippen LogP contribution in [0, 0.1) is 0 Å². The number of aryl methyl sites for hydroxylation is 2. The Morgan fingerprint density at radius 2 is 1.72 bits per heavy atom. The van der Waals surface area contributed by atoms with Crippen LogP contribution in [-0.2, 0) is 18.8 Å². The van der Waals surface area contributed by atoms with Crippen molar-refractivity contribution < 1.29 is 14.3 Å². The second-order valence-electron chi connectivity index (χ2n) is 5.60. The van der Waals surface area contributed by atoms with Crippen LogP contribution in [-0.4, -0.2) is 29.1 Å². The number of para-hydroxylation sites is 1. The smallest absolute Gasteiger partial charge is 0.410 e. The van der Waals surface area contributed by atoms with E-state index in [0.29, 0.717) is 11.4 Å². The fourth-order valence-corrected chi connectivity index (χ4v) is 2.67. The van der Waals surface area contributed by atoms with E-state index in [1.807, 2.05) is 6.07 Å². The van der Waals surface area contributed by atoms with E-state index in [9.17, 15) is 9.59 Å². The highest BCUT2D eigenvalue weighted by Crippen LogP contribution is 2.22. The van der Waals surface area contributed by atoms with Gasteiger partial charge in [-0.1, -0.05) is 18.2 Å². The molecular weight excluding hydrogens is 322 g/mol. The van der Waals surface area contributed by atoms with Gasteiger partial charge >= 0.3 is 11.8 Å². The third kappa shape index (κ3) is 3.14. The highest BCUT2D eigenvalue weighted by atomic mass is 16.6. The summed E-state index contributed by atoms with van der Waals surface area (Å²) in [5.74, 6) is 0.446. The number of methoxy groups -OCH3 is 1. The lowest BCUT2D eigenvalue weighted by Gasteiger charge is -2.21. The number of benzene rings is 2. The van der Waals surface area contributed by atoms with E-state index in [4.69, 9.17) is 9.47 Å². The Kier molecular flexibility index (Phi) is 4.58. The SMILES string of the molecule is COCN(C(=O)Oc1ccccc1)c1ccc2c(c1)n(C)c(=O)n2C. The zero-order chi connectivity index (χ0) is 18.0. The fourth-order valence-electron chi connectivity index (χ4n) is 2.67. The molecule has 0 unspecified atom stereocenters. The first kappa shape index (κ1) is 16.8. The molecule has 1 amide bonds. The maximum atomic E-state index is 12.5. The van der Waals surface area contributed by atoms with Crippen molar-refractivity contribution in [3.63, 3.8) is 0 Å². The summed E-state index contributed by atoms with van der Waals surface area (Å²) in [4.78, 5) is 26.0. The molecule has 1 heterocycles. The lowest BCUT2D eigenvalue weighted by Crippen LogP contribution is -2.35. The molecule has 0 spiro atoms. The van der Waals surface area contributed by atoms with E-state index in [2.05, 4.69) is 0 Å². The summed E-state index contributed by atoms with van der Waals surface area (Å²) in [6, 6.07) is 14.1. The van der Waals surface area contributed by atoms with Crippen LogP contribution in [0.5, 0.6) is 5.75 Å². The lowest BCUT2D eigenvalue weighted by molar-refractivity contribution is 0.172. The van der Waals surface area contributed by atoms with Crippen LogP contribution in [0.1, 0.15) is 0 Å². The summed E-state index contributed by atoms with van der Waals surface area (Å²) in [5.41, 5.74) is 1.96. The molecule has 7 heteroatoms. The highest BCUT2D eigenvalue weighted by Gasteiger charge is 2.19. The van der Waals surface area contributed by atoms with Gasteiger partial charge in [-0.2, -0.15) is 0 Å². The van der Waals surface area contributed by atoms with Crippen LogP contribution >= 0.6 is 0 Å². The molecule has 0 saturated carbocycles. The summed E-state index contributed by atoms with van der Waals surface area (Å²) in [6.45, 7) is 0.0257. The van der Waals surface area contributed by atoms with Gasteiger partial charge in [-0.3, -0.25) is 14.0 Å². The maximum Gasteiger partial charge on any atom is 0.421 e. The predicted octanol–water partition coefficient (Wildman–Crippen LogP) is 2.49. The summed E-state index contributed by atoms with van der Waals surface area (Å²) < 4.78 is 13.6. The van der Waals surface area contributed by atoms with Crippen molar-refractivity contribution >= 4 is 22.8 Å². The molecule has 0 N–H and O–H groups in total. The van der Waals surface area contributed by atoms with Crippen LogP contribution in [0.2, 0.25) is 0 Å². The number of rotatable bonds is 4. The molecule has 0 atom stereocenters. The number of fused-ring (bicyclic) bond motifs is 1. The first-order valence-corrected chi connectivity index (χ1v) is 7.71. The molecule has 0 aliphatic carbocycles. The number of carbonyl (C=O) groups excluding carboxylic acids is 1. The molecule has 0 radical (unpaired) electrons. The maximum absolute atomic E-state index is 12.5. The highest BCUT2D eigenvalue weighted by molar-refractivity contribution is 5.92. The zero-order valence-corrected chi connectivity index (χ0v) is 14.3. The molecule has 2 aromatic carbocycles. The number of nitrogens with zero attached hydrogens (tertiary/aromatic N) is 3. The van der Waals surface area contributed by atoms with Gasteiger partial charge in [-0.25, -0.2) is 9.59 Å². The predicted molar refractivity (Wildman–Crippen MR) is 95.0 cm³/mol. The number of imidazole rings is 1. The second kappa shape index (κ2) is 6.82. The van der Waals surface area contributed by atoms with Gasteiger partial charge in [-0.15, -0.1) is 0 Å². The van der Waals surface area contributed by atoms with Crippen LogP contribution < -0.4 is 15.3 Å². The van der Waals surface area contributed by atoms with Crippen LogP contribution in [0.3, 0.4) is 0 Å². The van der Waals surface area contributed by atoms with E-state index in [-0.39, 0.29) is 12.4 Å². The van der Waals surface area contributed by atoms with Crippen molar-refractivity contribution in [2.75, 3.05) is 18.7 Å². The van der Waals surface area contributed by atoms with Crippen LogP contribution in [0.15, 0.2) is 53.3 Å². The molecule has 0 fully saturated rings. The van der Waals surface area contributed by atoms with Crippen molar-refractivity contribution in [3.8, 4) is 5.75 Å². The van der Waals surface area contributed by atoms with Gasteiger partial charge in [0.2, 0.25) is 0 Å². The number of aromatic nitrogens is 2. The van der Waals surface area contributed by atoms with Crippen molar-refractivity contribution in [1.82, 2.24) is 9.13 Å². The second-order valence-corrected chi connectivity index (χ2v) is 5.60. The minimum Gasteiger partial charge on any atom is -0.410 e. The van der Waals surface area contributed by atoms with Gasteiger partial charge in [0, 0.05) is 21.2 Å². The Balaban J connectivity index is 1.97. The monoisotopic (exact) mass is 341 g/mol. The Morgan fingerprint density at radius 1 is 1.04 bits per heavy atom. The normalized spacial score (nSPS) is 10.8. The van der Waals surface area contributed by atoms with E-state index in [1.54, 1.807) is 61.1 Å². The van der Waals surface area contributed by atoms with Gasteiger partial charge in [0.25, 0.3) is 0 Å². The van der Waals surface area contributed by atoms with Gasteiger partial charge in [-0.05, 0) is 30.3 Å². The Hall–Kier alpha value is -3.06. The molecule has 0 aliphatic rings. The molecule has 25 heavy (non-hydrogen) atoms. The topological polar surface area (TPSA) is 65.7 Å². The van der Waals surface area contributed by atoms with E-state index in [1.165, 1.54) is 16.6 Å². The average Bonchev–Trinajstić information content (AvgIpc) is 2.84. The largest absolute Gasteiger partial charge is 0.421 e. The number of hydrogen-bond acceptors (Lipinski definition) is 4. The zero-order valence-electron chi connectivity index (χ0n) is 14.3. The molecule has 0 bridgehead atoms. The van der Waals surface area contributed by atoms with E-state index < -0.39 is 6.09 Å². The van der Waals surface area contributed by atoms with Crippen LogP contribution in [0.25, 0.3) is 11.0 Å². The third-order valence-corrected chi connectivity index (χ3v) is 3.99. The summed E-state index contributed by atoms with van der Waals surface area (Å²) in [7, 11) is 4.90. The third-order valence-electron chi connectivity index (χ3n) is 3.99. The molecule has 3 aromatic rings. The van der Waals surface area contributed by atoms with Crippen molar-refractivity contribution in [2.24, 2.45) is 14.1 Å². The van der Waals surface area contributed by atoms with Gasteiger partial charge in [0.15, 0.2) is 0 Å². The lowest BCUT2D eigenvalue weighted by atomic mass is 10.2. The molecule has 3 rings (SSSR count).